The molecule has 3 aromatic carbocycles. The summed E-state index contributed by atoms with van der Waals surface area (Å²) in [6, 6.07) is 15.6. The van der Waals surface area contributed by atoms with Crippen LogP contribution in [0.4, 0.5) is 10.1 Å². The third-order valence-electron chi connectivity index (χ3n) is 3.74. The first-order chi connectivity index (χ1) is 12.7. The van der Waals surface area contributed by atoms with E-state index in [-0.39, 0.29) is 27.0 Å². The van der Waals surface area contributed by atoms with Gasteiger partial charge in [-0.1, -0.05) is 35.9 Å². The SMILES string of the molecule is O=C(O)c1cc(Cl)cc(NS(=O)(=O)c2ccc(-c3ccc(F)cc3)cc2)c1. The summed E-state index contributed by atoms with van der Waals surface area (Å²) >= 11 is 5.84. The van der Waals surface area contributed by atoms with Crippen molar-refractivity contribution in [1.29, 1.82) is 0 Å². The molecule has 8 heteroatoms. The van der Waals surface area contributed by atoms with Gasteiger partial charge in [0.05, 0.1) is 16.1 Å². The number of anilines is 1. The lowest BCUT2D eigenvalue weighted by molar-refractivity contribution is 0.0697. The summed E-state index contributed by atoms with van der Waals surface area (Å²) in [6.45, 7) is 0. The number of rotatable bonds is 5. The first kappa shape index (κ1) is 18.9. The number of hydrogen-bond acceptors (Lipinski definition) is 3. The molecule has 138 valence electrons. The molecule has 0 aromatic heterocycles. The molecule has 0 saturated carbocycles. The van der Waals surface area contributed by atoms with Gasteiger partial charge in [-0.3, -0.25) is 4.72 Å². The number of hydrogen-bond donors (Lipinski definition) is 2. The van der Waals surface area contributed by atoms with Gasteiger partial charge in [0.15, 0.2) is 0 Å². The molecule has 0 aliphatic carbocycles. The molecule has 0 fully saturated rings. The van der Waals surface area contributed by atoms with Crippen LogP contribution in [0.1, 0.15) is 10.4 Å². The smallest absolute Gasteiger partial charge is 0.335 e. The summed E-state index contributed by atoms with van der Waals surface area (Å²) < 4.78 is 40.4. The number of carbonyl (C=O) groups is 1. The second kappa shape index (κ2) is 7.38. The predicted molar refractivity (Wildman–Crippen MR) is 101 cm³/mol. The Labute approximate surface area is 160 Å². The number of halogens is 2. The van der Waals surface area contributed by atoms with E-state index in [2.05, 4.69) is 4.72 Å². The molecule has 0 heterocycles. The van der Waals surface area contributed by atoms with E-state index < -0.39 is 16.0 Å². The normalized spacial score (nSPS) is 11.2. The Morgan fingerprint density at radius 1 is 0.926 bits per heavy atom. The molecule has 0 saturated heterocycles. The zero-order valence-electron chi connectivity index (χ0n) is 13.7. The summed E-state index contributed by atoms with van der Waals surface area (Å²) in [5.74, 6) is -1.58. The van der Waals surface area contributed by atoms with Crippen molar-refractivity contribution in [3.05, 3.63) is 83.1 Å². The minimum Gasteiger partial charge on any atom is -0.478 e. The van der Waals surface area contributed by atoms with Crippen molar-refractivity contribution in [3.63, 3.8) is 0 Å². The van der Waals surface area contributed by atoms with Gasteiger partial charge in [0.2, 0.25) is 0 Å². The lowest BCUT2D eigenvalue weighted by Crippen LogP contribution is -2.13. The van der Waals surface area contributed by atoms with Crippen LogP contribution in [0.15, 0.2) is 71.6 Å². The third-order valence-corrected chi connectivity index (χ3v) is 5.35. The maximum atomic E-state index is 13.0. The third kappa shape index (κ3) is 4.45. The summed E-state index contributed by atoms with van der Waals surface area (Å²) in [6.07, 6.45) is 0. The van der Waals surface area contributed by atoms with Crippen LogP contribution in [-0.2, 0) is 10.0 Å². The zero-order valence-corrected chi connectivity index (χ0v) is 15.3. The molecule has 0 amide bonds. The highest BCUT2D eigenvalue weighted by atomic mass is 35.5. The number of nitrogens with one attached hydrogen (secondary N) is 1. The van der Waals surface area contributed by atoms with Crippen LogP contribution < -0.4 is 4.72 Å². The fraction of sp³-hybridized carbons (Fsp3) is 0. The topological polar surface area (TPSA) is 83.5 Å². The van der Waals surface area contributed by atoms with Gasteiger partial charge < -0.3 is 5.11 Å². The average molecular weight is 406 g/mol. The van der Waals surface area contributed by atoms with E-state index in [1.807, 2.05) is 0 Å². The molecule has 0 bridgehead atoms. The van der Waals surface area contributed by atoms with Gasteiger partial charge in [-0.25, -0.2) is 17.6 Å². The van der Waals surface area contributed by atoms with Crippen molar-refractivity contribution in [3.8, 4) is 11.1 Å². The zero-order chi connectivity index (χ0) is 19.6. The Hall–Kier alpha value is -2.90. The molecule has 0 radical (unpaired) electrons. The second-order valence-electron chi connectivity index (χ2n) is 5.67. The molecular formula is C19H13ClFNO4S. The van der Waals surface area contributed by atoms with Crippen LogP contribution in [0.3, 0.4) is 0 Å². The van der Waals surface area contributed by atoms with E-state index in [9.17, 15) is 17.6 Å². The largest absolute Gasteiger partial charge is 0.478 e. The molecule has 0 atom stereocenters. The summed E-state index contributed by atoms with van der Waals surface area (Å²) in [4.78, 5) is 11.1. The van der Waals surface area contributed by atoms with Gasteiger partial charge in [0.25, 0.3) is 10.0 Å². The van der Waals surface area contributed by atoms with E-state index >= 15 is 0 Å². The highest BCUT2D eigenvalue weighted by molar-refractivity contribution is 7.92. The molecule has 2 N–H and O–H groups in total. The lowest BCUT2D eigenvalue weighted by atomic mass is 10.1. The van der Waals surface area contributed by atoms with Crippen LogP contribution >= 0.6 is 11.6 Å². The lowest BCUT2D eigenvalue weighted by Gasteiger charge is -2.10. The monoisotopic (exact) mass is 405 g/mol. The minimum atomic E-state index is -3.94. The van der Waals surface area contributed by atoms with Gasteiger partial charge in [-0.15, -0.1) is 0 Å². The van der Waals surface area contributed by atoms with Crippen LogP contribution in [0.25, 0.3) is 11.1 Å². The molecular weight excluding hydrogens is 393 g/mol. The number of carboxylic acid groups (broad SMARTS) is 1. The molecule has 5 nitrogen and oxygen atoms in total. The highest BCUT2D eigenvalue weighted by Gasteiger charge is 2.16. The van der Waals surface area contributed by atoms with Crippen molar-refractivity contribution in [2.24, 2.45) is 0 Å². The molecule has 0 aliphatic rings. The van der Waals surface area contributed by atoms with Gasteiger partial charge in [0.1, 0.15) is 5.82 Å². The number of carboxylic acids is 1. The first-order valence-electron chi connectivity index (χ1n) is 7.67. The van der Waals surface area contributed by atoms with Crippen LogP contribution in [0.5, 0.6) is 0 Å². The molecule has 0 unspecified atom stereocenters. The van der Waals surface area contributed by atoms with Crippen molar-refractivity contribution in [1.82, 2.24) is 0 Å². The molecule has 0 aliphatic heterocycles. The van der Waals surface area contributed by atoms with Gasteiger partial charge in [0, 0.05) is 5.02 Å². The Balaban J connectivity index is 1.87. The standard InChI is InChI=1S/C19H13ClFNO4S/c20-15-9-14(19(23)24)10-17(11-15)22-27(25,26)18-7-3-13(4-8-18)12-1-5-16(21)6-2-12/h1-11,22H,(H,23,24). The minimum absolute atomic E-state index is 0.00906. The Bertz CT molecular complexity index is 1100. The number of sulfonamides is 1. The van der Waals surface area contributed by atoms with Crippen LogP contribution in [0.2, 0.25) is 5.02 Å². The summed E-state index contributed by atoms with van der Waals surface area (Å²) in [7, 11) is -3.94. The molecule has 3 aromatic rings. The van der Waals surface area contributed by atoms with E-state index in [1.54, 1.807) is 24.3 Å². The number of benzene rings is 3. The van der Waals surface area contributed by atoms with Gasteiger partial charge in [-0.05, 0) is 53.6 Å². The van der Waals surface area contributed by atoms with Crippen molar-refractivity contribution >= 4 is 33.3 Å². The molecule has 3 rings (SSSR count). The molecule has 27 heavy (non-hydrogen) atoms. The van der Waals surface area contributed by atoms with Crippen molar-refractivity contribution in [2.45, 2.75) is 4.90 Å². The fourth-order valence-electron chi connectivity index (χ4n) is 2.45. The average Bonchev–Trinajstić information content (AvgIpc) is 2.61. The van der Waals surface area contributed by atoms with Crippen LogP contribution in [-0.4, -0.2) is 19.5 Å². The summed E-state index contributed by atoms with van der Waals surface area (Å²) in [5.41, 5.74) is 1.38. The Morgan fingerprint density at radius 2 is 1.48 bits per heavy atom. The van der Waals surface area contributed by atoms with Crippen LogP contribution in [0, 0.1) is 5.82 Å². The Morgan fingerprint density at radius 3 is 2.04 bits per heavy atom. The van der Waals surface area contributed by atoms with Crippen molar-refractivity contribution < 1.29 is 22.7 Å². The van der Waals surface area contributed by atoms with E-state index in [0.29, 0.717) is 0 Å². The second-order valence-corrected chi connectivity index (χ2v) is 7.79. The van der Waals surface area contributed by atoms with Crippen molar-refractivity contribution in [2.75, 3.05) is 4.72 Å². The van der Waals surface area contributed by atoms with Gasteiger partial charge >= 0.3 is 5.97 Å². The van der Waals surface area contributed by atoms with Gasteiger partial charge in [-0.2, -0.15) is 0 Å². The predicted octanol–water partition coefficient (Wildman–Crippen LogP) is 4.65. The quantitative estimate of drug-likeness (QED) is 0.647. The maximum absolute atomic E-state index is 13.0. The van der Waals surface area contributed by atoms with E-state index in [0.717, 1.165) is 11.1 Å². The fourth-order valence-corrected chi connectivity index (χ4v) is 3.73. The number of aromatic carboxylic acids is 1. The highest BCUT2D eigenvalue weighted by Crippen LogP contribution is 2.25. The van der Waals surface area contributed by atoms with E-state index in [4.69, 9.17) is 16.7 Å². The first-order valence-corrected chi connectivity index (χ1v) is 9.53. The Kier molecular flexibility index (Phi) is 5.16. The van der Waals surface area contributed by atoms with E-state index in [1.165, 1.54) is 42.5 Å². The maximum Gasteiger partial charge on any atom is 0.335 e. The molecule has 0 spiro atoms. The summed E-state index contributed by atoms with van der Waals surface area (Å²) in [5, 5.41) is 9.14.